The van der Waals surface area contributed by atoms with Crippen LogP contribution in [0.15, 0.2) is 15.2 Å². The smallest absolute Gasteiger partial charge is 0.371 e. The molecule has 0 bridgehead atoms. The summed E-state index contributed by atoms with van der Waals surface area (Å²) in [5.74, 6) is -1.10. The molecule has 0 aliphatic rings. The van der Waals surface area contributed by atoms with E-state index in [2.05, 4.69) is 15.9 Å². The number of halogens is 2. The van der Waals surface area contributed by atoms with Gasteiger partial charge < -0.3 is 9.52 Å². The van der Waals surface area contributed by atoms with Crippen LogP contribution >= 0.6 is 38.5 Å². The van der Waals surface area contributed by atoms with Crippen molar-refractivity contribution < 1.29 is 14.3 Å². The molecule has 0 aliphatic carbocycles. The molecule has 54 valence electrons. The zero-order chi connectivity index (χ0) is 7.72. The van der Waals surface area contributed by atoms with Gasteiger partial charge in [-0.1, -0.05) is 0 Å². The molecule has 3 nitrogen and oxygen atoms in total. The number of aromatic carboxylic acids is 1. The number of carbonyl (C=O) groups is 1. The van der Waals surface area contributed by atoms with Gasteiger partial charge in [-0.25, -0.2) is 4.79 Å². The molecule has 10 heavy (non-hydrogen) atoms. The third-order valence-corrected chi connectivity index (χ3v) is 2.99. The Labute approximate surface area is 78.7 Å². The first-order valence-corrected chi connectivity index (χ1v) is 4.16. The first kappa shape index (κ1) is 8.06. The third-order valence-electron chi connectivity index (χ3n) is 0.856. The lowest BCUT2D eigenvalue weighted by Gasteiger charge is -1.81. The summed E-state index contributed by atoms with van der Waals surface area (Å²) in [7, 11) is 0. The second-order valence-corrected chi connectivity index (χ2v) is 3.42. The van der Waals surface area contributed by atoms with Crippen molar-refractivity contribution in [2.75, 3.05) is 0 Å². The van der Waals surface area contributed by atoms with Gasteiger partial charge in [0, 0.05) is 6.07 Å². The van der Waals surface area contributed by atoms with Gasteiger partial charge in [-0.05, 0) is 38.5 Å². The van der Waals surface area contributed by atoms with Crippen molar-refractivity contribution in [2.45, 2.75) is 0 Å². The molecule has 0 unspecified atom stereocenters. The molecule has 1 aromatic rings. The number of hydrogen-bond donors (Lipinski definition) is 1. The van der Waals surface area contributed by atoms with Crippen LogP contribution in [0, 0.1) is 3.57 Å². The van der Waals surface area contributed by atoms with Crippen LogP contribution in [0.5, 0.6) is 0 Å². The van der Waals surface area contributed by atoms with Crippen molar-refractivity contribution in [3.05, 3.63) is 20.1 Å². The van der Waals surface area contributed by atoms with E-state index in [4.69, 9.17) is 9.52 Å². The number of rotatable bonds is 1. The van der Waals surface area contributed by atoms with E-state index in [9.17, 15) is 4.79 Å². The van der Waals surface area contributed by atoms with Gasteiger partial charge in [-0.2, -0.15) is 0 Å². The van der Waals surface area contributed by atoms with Crippen molar-refractivity contribution >= 4 is 44.5 Å². The topological polar surface area (TPSA) is 50.4 Å². The normalized spacial score (nSPS) is 9.80. The number of carboxylic acid groups (broad SMARTS) is 1. The second kappa shape index (κ2) is 2.91. The zero-order valence-electron chi connectivity index (χ0n) is 4.60. The van der Waals surface area contributed by atoms with Gasteiger partial charge in [0.25, 0.3) is 0 Å². The predicted octanol–water partition coefficient (Wildman–Crippen LogP) is 2.34. The largest absolute Gasteiger partial charge is 0.475 e. The minimum atomic E-state index is -1.05. The second-order valence-electron chi connectivity index (χ2n) is 1.54. The van der Waals surface area contributed by atoms with Crippen LogP contribution in [0.25, 0.3) is 0 Å². The highest BCUT2D eigenvalue weighted by Crippen LogP contribution is 2.22. The van der Waals surface area contributed by atoms with Gasteiger partial charge in [-0.15, -0.1) is 0 Å². The molecule has 1 heterocycles. The van der Waals surface area contributed by atoms with Crippen LogP contribution in [0.2, 0.25) is 0 Å². The lowest BCUT2D eigenvalue weighted by molar-refractivity contribution is 0.0661. The van der Waals surface area contributed by atoms with E-state index in [-0.39, 0.29) is 5.76 Å². The summed E-state index contributed by atoms with van der Waals surface area (Å²) in [5, 5.41) is 8.40. The monoisotopic (exact) mass is 316 g/mol. The van der Waals surface area contributed by atoms with E-state index in [1.54, 1.807) is 0 Å². The van der Waals surface area contributed by atoms with Crippen LogP contribution in [0.3, 0.4) is 0 Å². The Bertz CT molecular complexity index is 248. The van der Waals surface area contributed by atoms with E-state index < -0.39 is 5.97 Å². The molecule has 0 saturated carbocycles. The van der Waals surface area contributed by atoms with Gasteiger partial charge in [0.2, 0.25) is 5.76 Å². The molecule has 0 atom stereocenters. The fraction of sp³-hybridized carbons (Fsp3) is 0. The Balaban J connectivity index is 3.10. The number of furan rings is 1. The minimum Gasteiger partial charge on any atom is -0.475 e. The Morgan fingerprint density at radius 3 is 2.60 bits per heavy atom. The van der Waals surface area contributed by atoms with Crippen molar-refractivity contribution in [1.82, 2.24) is 0 Å². The SMILES string of the molecule is O=C(O)c1cc(I)c(Br)o1. The Kier molecular flexibility index (Phi) is 2.35. The van der Waals surface area contributed by atoms with Crippen LogP contribution in [-0.4, -0.2) is 11.1 Å². The Morgan fingerprint density at radius 2 is 2.40 bits per heavy atom. The summed E-state index contributed by atoms with van der Waals surface area (Å²) < 4.78 is 6.01. The summed E-state index contributed by atoms with van der Waals surface area (Å²) in [6, 6.07) is 1.45. The lowest BCUT2D eigenvalue weighted by Crippen LogP contribution is -1.91. The van der Waals surface area contributed by atoms with Gasteiger partial charge in [0.1, 0.15) is 0 Å². The maximum atomic E-state index is 10.2. The fourth-order valence-electron chi connectivity index (χ4n) is 0.452. The van der Waals surface area contributed by atoms with Crippen LogP contribution in [0.1, 0.15) is 10.6 Å². The zero-order valence-corrected chi connectivity index (χ0v) is 8.34. The average Bonchev–Trinajstić information content (AvgIpc) is 2.13. The number of hydrogen-bond acceptors (Lipinski definition) is 2. The van der Waals surface area contributed by atoms with Crippen LogP contribution < -0.4 is 0 Å². The standard InChI is InChI=1S/C5H2BrIO3/c6-4-2(7)1-3(10-4)5(8)9/h1H,(H,8,9). The molecule has 0 amide bonds. The fourth-order valence-corrected chi connectivity index (χ4v) is 1.13. The van der Waals surface area contributed by atoms with Crippen molar-refractivity contribution in [1.29, 1.82) is 0 Å². The molecule has 1 aromatic heterocycles. The first-order valence-electron chi connectivity index (χ1n) is 2.29. The molecule has 1 rings (SSSR count). The summed E-state index contributed by atoms with van der Waals surface area (Å²) in [6.07, 6.45) is 0. The third kappa shape index (κ3) is 1.51. The van der Waals surface area contributed by atoms with Gasteiger partial charge in [0.05, 0.1) is 3.57 Å². The molecular formula is C5H2BrIO3. The maximum Gasteiger partial charge on any atom is 0.371 e. The highest BCUT2D eigenvalue weighted by Gasteiger charge is 2.11. The highest BCUT2D eigenvalue weighted by molar-refractivity contribution is 14.1. The van der Waals surface area contributed by atoms with Gasteiger partial charge >= 0.3 is 5.97 Å². The summed E-state index contributed by atoms with van der Waals surface area (Å²) in [6.45, 7) is 0. The molecule has 0 spiro atoms. The summed E-state index contributed by atoms with van der Waals surface area (Å²) in [4.78, 5) is 10.2. The Morgan fingerprint density at radius 1 is 1.80 bits per heavy atom. The quantitative estimate of drug-likeness (QED) is 0.809. The van der Waals surface area contributed by atoms with Crippen LogP contribution in [-0.2, 0) is 0 Å². The molecule has 0 fully saturated rings. The molecule has 5 heteroatoms. The van der Waals surface area contributed by atoms with Crippen molar-refractivity contribution in [3.63, 3.8) is 0 Å². The van der Waals surface area contributed by atoms with Crippen LogP contribution in [0.4, 0.5) is 0 Å². The lowest BCUT2D eigenvalue weighted by atomic mass is 10.5. The van der Waals surface area contributed by atoms with E-state index in [0.29, 0.717) is 4.67 Å². The van der Waals surface area contributed by atoms with E-state index in [1.807, 2.05) is 22.6 Å². The number of carboxylic acids is 1. The van der Waals surface area contributed by atoms with E-state index >= 15 is 0 Å². The maximum absolute atomic E-state index is 10.2. The van der Waals surface area contributed by atoms with Crippen molar-refractivity contribution in [3.8, 4) is 0 Å². The Hall–Kier alpha value is -0.0400. The predicted molar refractivity (Wildman–Crippen MR) is 46.1 cm³/mol. The molecule has 1 N–H and O–H groups in total. The minimum absolute atomic E-state index is 0.0451. The van der Waals surface area contributed by atoms with E-state index in [0.717, 1.165) is 3.57 Å². The molecule has 0 aromatic carbocycles. The highest BCUT2D eigenvalue weighted by atomic mass is 127. The molecule has 0 aliphatic heterocycles. The van der Waals surface area contributed by atoms with Crippen molar-refractivity contribution in [2.24, 2.45) is 0 Å². The summed E-state index contributed by atoms with van der Waals surface area (Å²) >= 11 is 5.02. The molecule has 0 saturated heterocycles. The first-order chi connectivity index (χ1) is 4.61. The van der Waals surface area contributed by atoms with Gasteiger partial charge in [-0.3, -0.25) is 0 Å². The van der Waals surface area contributed by atoms with E-state index in [1.165, 1.54) is 6.07 Å². The van der Waals surface area contributed by atoms with Gasteiger partial charge in [0.15, 0.2) is 4.67 Å². The molecular weight excluding hydrogens is 315 g/mol. The molecule has 0 radical (unpaired) electrons. The average molecular weight is 317 g/mol. The summed E-state index contributed by atoms with van der Waals surface area (Å²) in [5.41, 5.74) is 0.